The summed E-state index contributed by atoms with van der Waals surface area (Å²) in [5.74, 6) is 11.2. The second-order valence-corrected chi connectivity index (χ2v) is 56.6. The minimum Gasteiger partial charge on any atom is -0.394 e. The molecule has 0 aromatic rings. The van der Waals surface area contributed by atoms with Crippen LogP contribution in [0.1, 0.15) is 361 Å². The van der Waals surface area contributed by atoms with E-state index in [1.807, 2.05) is 20.8 Å². The predicted molar refractivity (Wildman–Crippen MR) is 501 cm³/mol. The van der Waals surface area contributed by atoms with Crippen molar-refractivity contribution in [2.45, 2.75) is 384 Å². The third-order valence-electron chi connectivity index (χ3n) is 42.3. The summed E-state index contributed by atoms with van der Waals surface area (Å²) >= 11 is -6.90. The molecule has 20 aliphatic carbocycles. The Kier molecular flexibility index (Phi) is 35.6. The van der Waals surface area contributed by atoms with Crippen LogP contribution in [-0.2, 0) is 62.3 Å². The van der Waals surface area contributed by atoms with Crippen LogP contribution in [0.3, 0.4) is 0 Å². The van der Waals surface area contributed by atoms with Gasteiger partial charge in [0.25, 0.3) is 0 Å². The van der Waals surface area contributed by atoms with Crippen molar-refractivity contribution >= 4 is 102 Å². The van der Waals surface area contributed by atoms with Crippen molar-refractivity contribution in [1.29, 1.82) is 0 Å². The Balaban J connectivity index is 0.000000154. The van der Waals surface area contributed by atoms with Gasteiger partial charge in [-0.05, 0) is 319 Å². The number of ketones is 10. The third kappa shape index (κ3) is 20.7. The number of aliphatic hydroxyl groups is 4. The average Bonchev–Trinajstić information content (AvgIpc) is 1.50. The largest absolute Gasteiger partial charge is 1.00 e. The summed E-state index contributed by atoms with van der Waals surface area (Å²) in [5, 5.41) is 42.7. The molecule has 34 atom stereocenters. The van der Waals surface area contributed by atoms with Crippen molar-refractivity contribution in [2.75, 3.05) is 6.61 Å². The molecule has 20 rings (SSSR count). The molecule has 134 heavy (non-hydrogen) atoms. The molecule has 0 bridgehead atoms. The number of carbonyl (C=O) groups excluding carboxylic acids is 12. The molecule has 19 fully saturated rings. The van der Waals surface area contributed by atoms with Gasteiger partial charge in [-0.1, -0.05) is 125 Å². The zero-order valence-corrected chi connectivity index (χ0v) is 91.2. The summed E-state index contributed by atoms with van der Waals surface area (Å²) in [6.07, 6.45) is 40.0. The Morgan fingerprint density at radius 3 is 1.26 bits per heavy atom. The molecule has 0 aliphatic heterocycles. The first-order valence-corrected chi connectivity index (χ1v) is 59.4. The smallest absolute Gasteiger partial charge is 0.394 e. The molecule has 0 aromatic carbocycles. The van der Waals surface area contributed by atoms with Crippen LogP contribution in [0.25, 0.3) is 0 Å². The molecule has 21 nitrogen and oxygen atoms in total. The van der Waals surface area contributed by atoms with Crippen molar-refractivity contribution in [3.05, 3.63) is 30.7 Å². The fourth-order valence-corrected chi connectivity index (χ4v) is 35.6. The van der Waals surface area contributed by atoms with Crippen LogP contribution in [0.4, 0.5) is 0 Å². The summed E-state index contributed by atoms with van der Waals surface area (Å²) in [6, 6.07) is 0. The minimum absolute atomic E-state index is 0. The first kappa shape index (κ1) is 112. The fraction of sp³-hybridized carbons (Fsp3) is 0.843. The molecular formula is C108H163AlCl2INaO21. The Morgan fingerprint density at radius 1 is 0.485 bits per heavy atom. The molecular weight excluding hydrogens is 1880 g/mol. The van der Waals surface area contributed by atoms with E-state index in [2.05, 4.69) is 87.0 Å². The normalized spacial score (nSPS) is 46.6. The maximum Gasteiger partial charge on any atom is 1.00 e. The summed E-state index contributed by atoms with van der Waals surface area (Å²) in [4.78, 5) is 145. The van der Waals surface area contributed by atoms with E-state index in [4.69, 9.17) is 33.8 Å². The number of aliphatic hydroxyl groups excluding tert-OH is 3. The number of esters is 2. The minimum atomic E-state index is -5.69. The number of carbonyl (C=O) groups is 12. The van der Waals surface area contributed by atoms with E-state index in [9.17, 15) is 78.0 Å². The van der Waals surface area contributed by atoms with Gasteiger partial charge in [0.2, 0.25) is 0 Å². The molecule has 26 heteroatoms. The van der Waals surface area contributed by atoms with Gasteiger partial charge in [-0.15, -0.1) is 0 Å². The van der Waals surface area contributed by atoms with Gasteiger partial charge in [0, 0.05) is 127 Å². The molecule has 746 valence electrons. The number of allylic oxidation sites excluding steroid dienone is 3. The molecule has 19 saturated carbocycles. The topological polar surface area (TPSA) is 384 Å². The van der Waals surface area contributed by atoms with Gasteiger partial charge in [-0.2, -0.15) is 0 Å². The number of ether oxygens (including phenoxy) is 1. The van der Waals surface area contributed by atoms with Gasteiger partial charge in [-0.25, -0.2) is 20.1 Å². The molecule has 0 heterocycles. The number of halogens is 3. The third-order valence-corrected chi connectivity index (χ3v) is 44.8. The Labute approximate surface area is 841 Å². The molecule has 5 N–H and O–H groups in total. The van der Waals surface area contributed by atoms with Crippen molar-refractivity contribution < 1.29 is 146 Å². The van der Waals surface area contributed by atoms with Crippen LogP contribution < -0.4 is 60.0 Å². The monoisotopic (exact) mass is 2040 g/mol. The summed E-state index contributed by atoms with van der Waals surface area (Å²) in [7, 11) is 10.7. The molecule has 0 spiro atoms. The van der Waals surface area contributed by atoms with Crippen LogP contribution in [0.2, 0.25) is 5.28 Å². The predicted octanol–water partition coefficient (Wildman–Crippen LogP) is 10.9. The maximum atomic E-state index is 13.4. The standard InChI is InChI=1S/C22H34O.C21H30O5.C20H30O2.C19H28O3.C19H26O3.C4H6O3.C2H5.CH3.Al.2ClH.HIO4.Na/c1-5-15-7-9-18-17-8-6-16-12-14(2)10-11-21(16,3)20(17)19(23)13-22(15,18)4;1-19-7-5-13(23)9-12(19)3-4-14-15-6-8-21(26,17(25)11-22)20(15,2)10-16(24)18(14)19;1-12-8-9-19(2)13(10-12)4-5-14-15-6-7-17(22)20(15,3)11-16(21)18(14)19;2*1-18-8-7-12(20)9-11(18)3-4-13-14-5-6-16(22)19(14,2)10-15(21)17(13)18;1-3(5)7-4(2)6;1-2;;;;;2-1(3,4)5;/h5,14,16-18,20H,6-13H2,1-4H3;9,14-16,18,22,24,26H,3-8,10-11H2,1-2H3;12-15,18H,4-11H2,1-3H3;11-14,17,20H,3-10H2,1-2H3;11,13-14,17H,3-10H2,1-2H3;1-2H3;1H2,2H3;1H3;;2*1H;2H;/q;;;;;;;-1;+2;;;;+1/p-2/b15-5-;;;;;;;;;;;;/t14-,16+,17?,18?,20?,21-,22+;14?,15?,16-,18?,19-,20-,21-;12-,13+,14?,15?,18?,19-,20-;11?,12-,13?,14?,17?,18-,19-;11?,13?,14?,17?,18-,19-;;;;;;;;/m00000......../s1. The molecule has 0 aromatic heterocycles. The zero-order valence-electron chi connectivity index (χ0n) is 84.4. The summed E-state index contributed by atoms with van der Waals surface area (Å²) in [6.45, 7) is 32.9. The van der Waals surface area contributed by atoms with Crippen molar-refractivity contribution in [2.24, 2.45) is 178 Å². The van der Waals surface area contributed by atoms with E-state index in [1.54, 1.807) is 11.6 Å². The van der Waals surface area contributed by atoms with E-state index < -0.39 is 73.8 Å². The van der Waals surface area contributed by atoms with Gasteiger partial charge in [0.05, 0.1) is 12.2 Å². The Bertz CT molecular complexity index is 4380. The van der Waals surface area contributed by atoms with Crippen molar-refractivity contribution in [3.63, 3.8) is 0 Å². The van der Waals surface area contributed by atoms with Crippen LogP contribution in [0, 0.1) is 186 Å². The SMILES string of the molecule is C/C=C1/CCC2C3CC[C@@H]4C[C@@H](C)CC[C@]4(C)C3C(=O)C[C@]12C.CC(=O)OC(C)=O.C[C@H]1CC[C@]2(C)C3C(=O)C[C@]4(C)C(=O)CCC4C3CC[C@@H]2C1.C[C@]12CCC(=O)C=C1CCC1C2[C@@H](O)C[C@@]2(C)C1CC[C@]2(O)C(=O)CO.C[C@]12CCC(=O)CC1CCC1C2C(=O)C[C@]2(C)C(=O)CCC12.C[C@]12CC[C@H](O)CC1CCC1C2C(=O)C[C@]2(C)C(=O)CCC12.C[CH2][Al]([Cl])[Cl].[CH3-].[Na+].[O-][I+3]([O-])([O-])O. The van der Waals surface area contributed by atoms with E-state index in [1.165, 1.54) is 96.5 Å². The molecule has 0 amide bonds. The molecule has 17 unspecified atom stereocenters. The first-order chi connectivity index (χ1) is 61.5. The van der Waals surface area contributed by atoms with E-state index in [-0.39, 0.29) is 128 Å². The van der Waals surface area contributed by atoms with E-state index in [0.717, 1.165) is 144 Å². The average molecular weight is 2050 g/mol. The fourth-order valence-electron chi connectivity index (χ4n) is 35.6. The first-order valence-electron chi connectivity index (χ1n) is 51.5. The summed E-state index contributed by atoms with van der Waals surface area (Å²) < 4.78 is 37.2. The van der Waals surface area contributed by atoms with E-state index >= 15 is 0 Å². The van der Waals surface area contributed by atoms with Gasteiger partial charge < -0.3 is 32.6 Å². The van der Waals surface area contributed by atoms with Crippen LogP contribution in [-0.4, -0.2) is 130 Å². The van der Waals surface area contributed by atoms with Gasteiger partial charge in [0.1, 0.15) is 58.5 Å². The second kappa shape index (κ2) is 42.5. The maximum absolute atomic E-state index is 13.4. The zero-order chi connectivity index (χ0) is 97.1. The van der Waals surface area contributed by atoms with Gasteiger partial charge in [0.15, 0.2) is 11.6 Å². The number of Topliss-reactive ketones (excluding diaryl/α,β-unsaturated/α-hetero) is 9. The van der Waals surface area contributed by atoms with Crippen molar-refractivity contribution in [1.82, 2.24) is 0 Å². The summed E-state index contributed by atoms with van der Waals surface area (Å²) in [5.41, 5.74) is 0.0747. The second-order valence-electron chi connectivity index (χ2n) is 48.9. The van der Waals surface area contributed by atoms with Crippen LogP contribution >= 0.6 is 20.1 Å². The van der Waals surface area contributed by atoms with E-state index in [0.29, 0.717) is 175 Å². The number of rotatable bonds is 3. The molecule has 0 saturated heterocycles. The number of fused-ring (bicyclic) bond motifs is 25. The van der Waals surface area contributed by atoms with Crippen LogP contribution in [0.5, 0.6) is 0 Å². The molecule has 0 radical (unpaired) electrons. The quantitative estimate of drug-likeness (QED) is 0.0437. The Hall–Kier alpha value is -2.16. The van der Waals surface area contributed by atoms with Gasteiger partial charge in [-0.3, -0.25) is 67.8 Å². The van der Waals surface area contributed by atoms with Crippen LogP contribution in [0.15, 0.2) is 23.3 Å². The van der Waals surface area contributed by atoms with Crippen molar-refractivity contribution in [3.8, 4) is 0 Å². The molecule has 20 aliphatic rings. The van der Waals surface area contributed by atoms with Gasteiger partial charge >= 0.3 is 73.9 Å². The number of hydrogen-bond donors (Lipinski definition) is 5. The number of hydrogen-bond acceptors (Lipinski definition) is 21. The Morgan fingerprint density at radius 2 is 0.866 bits per heavy atom.